The molecule has 14 heavy (non-hydrogen) atoms. The van der Waals surface area contributed by atoms with Crippen LogP contribution in [-0.4, -0.2) is 34.2 Å². The maximum atomic E-state index is 12.2. The number of rotatable bonds is 4. The molecule has 0 heterocycles. The van der Waals surface area contributed by atoms with E-state index in [1.807, 2.05) is 0 Å². The van der Waals surface area contributed by atoms with Gasteiger partial charge in [0, 0.05) is 22.2 Å². The molecule has 0 aliphatic rings. The highest BCUT2D eigenvalue weighted by molar-refractivity contribution is 7.81. The molecule has 2 unspecified atom stereocenters. The standard InChI is InChI=1S/C3H3F5O4S2/c4-1(2(5,6)13(9)10)3(7,8)14(11)12/h1H,(H,9,10)(H,11,12)/p-2. The average molecular weight is 260 g/mol. The predicted molar refractivity (Wildman–Crippen MR) is 32.6 cm³/mol. The molecule has 0 aliphatic carbocycles. The van der Waals surface area contributed by atoms with Crippen LogP contribution in [0.5, 0.6) is 0 Å². The third kappa shape index (κ3) is 2.46. The Kier molecular flexibility index (Phi) is 4.12. The summed E-state index contributed by atoms with van der Waals surface area (Å²) in [6.45, 7) is 0. The van der Waals surface area contributed by atoms with E-state index in [2.05, 4.69) is 0 Å². The van der Waals surface area contributed by atoms with Gasteiger partial charge in [0.15, 0.2) is 0 Å². The SMILES string of the molecule is O=S([O-])C(F)(F)C(F)C(F)(F)S(=O)[O-]. The smallest absolute Gasteiger partial charge is 0.346 e. The summed E-state index contributed by atoms with van der Waals surface area (Å²) in [6.07, 6.45) is -4.65. The van der Waals surface area contributed by atoms with Gasteiger partial charge in [0.05, 0.1) is 0 Å². The first-order chi connectivity index (χ1) is 6.04. The van der Waals surface area contributed by atoms with Gasteiger partial charge in [-0.15, -0.1) is 0 Å². The summed E-state index contributed by atoms with van der Waals surface area (Å²) in [5.41, 5.74) is 0. The third-order valence-corrected chi connectivity index (χ3v) is 2.34. The van der Waals surface area contributed by atoms with Crippen molar-refractivity contribution in [3.63, 3.8) is 0 Å². The summed E-state index contributed by atoms with van der Waals surface area (Å²) in [4.78, 5) is 0. The van der Waals surface area contributed by atoms with Crippen molar-refractivity contribution in [2.24, 2.45) is 0 Å². The van der Waals surface area contributed by atoms with Crippen LogP contribution in [0.3, 0.4) is 0 Å². The van der Waals surface area contributed by atoms with Crippen molar-refractivity contribution in [1.82, 2.24) is 0 Å². The summed E-state index contributed by atoms with van der Waals surface area (Å²) >= 11 is -8.96. The van der Waals surface area contributed by atoms with E-state index in [9.17, 15) is 39.5 Å². The lowest BCUT2D eigenvalue weighted by molar-refractivity contribution is -0.0978. The van der Waals surface area contributed by atoms with E-state index in [0.29, 0.717) is 0 Å². The summed E-state index contributed by atoms with van der Waals surface area (Å²) < 4.78 is 98.8. The molecule has 0 aromatic rings. The molecule has 0 amide bonds. The number of halogens is 5. The lowest BCUT2D eigenvalue weighted by Crippen LogP contribution is -2.48. The molecule has 4 nitrogen and oxygen atoms in total. The van der Waals surface area contributed by atoms with Crippen LogP contribution in [-0.2, 0) is 22.2 Å². The minimum atomic E-state index is -5.47. The van der Waals surface area contributed by atoms with E-state index >= 15 is 0 Å². The van der Waals surface area contributed by atoms with E-state index < -0.39 is 38.8 Å². The van der Waals surface area contributed by atoms with E-state index in [1.54, 1.807) is 0 Å². The van der Waals surface area contributed by atoms with Gasteiger partial charge in [0.25, 0.3) is 0 Å². The summed E-state index contributed by atoms with van der Waals surface area (Å²) in [7, 11) is 0. The zero-order valence-electron chi connectivity index (χ0n) is 5.92. The minimum Gasteiger partial charge on any atom is -0.768 e. The molecular weight excluding hydrogens is 259 g/mol. The molecule has 0 saturated carbocycles. The highest BCUT2D eigenvalue weighted by Crippen LogP contribution is 2.37. The molecule has 0 bridgehead atoms. The first kappa shape index (κ1) is 13.9. The van der Waals surface area contributed by atoms with Gasteiger partial charge >= 0.3 is 10.5 Å². The fraction of sp³-hybridized carbons (Fsp3) is 1.00. The van der Waals surface area contributed by atoms with Gasteiger partial charge in [0.1, 0.15) is 0 Å². The third-order valence-electron chi connectivity index (χ3n) is 1.03. The van der Waals surface area contributed by atoms with Gasteiger partial charge in [0.2, 0.25) is 6.17 Å². The van der Waals surface area contributed by atoms with Gasteiger partial charge in [-0.25, -0.2) is 4.39 Å². The Labute approximate surface area is 79.1 Å². The second-order valence-corrected chi connectivity index (χ2v) is 3.98. The topological polar surface area (TPSA) is 80.3 Å². The molecule has 0 rings (SSSR count). The predicted octanol–water partition coefficient (Wildman–Crippen LogP) is 0.268. The first-order valence-electron chi connectivity index (χ1n) is 2.63. The fourth-order valence-corrected chi connectivity index (χ4v) is 1.07. The highest BCUT2D eigenvalue weighted by atomic mass is 32.2. The normalized spacial score (nSPS) is 20.2. The Morgan fingerprint density at radius 1 is 0.929 bits per heavy atom. The second kappa shape index (κ2) is 4.16. The lowest BCUT2D eigenvalue weighted by atomic mass is 10.4. The van der Waals surface area contributed by atoms with Crippen LogP contribution in [0.2, 0.25) is 0 Å². The lowest BCUT2D eigenvalue weighted by Gasteiger charge is -2.29. The monoisotopic (exact) mass is 260 g/mol. The van der Waals surface area contributed by atoms with Crippen LogP contribution in [0.4, 0.5) is 22.0 Å². The molecule has 86 valence electrons. The number of hydrogen-bond donors (Lipinski definition) is 0. The molecule has 0 spiro atoms. The van der Waals surface area contributed by atoms with Gasteiger partial charge in [-0.2, -0.15) is 17.6 Å². The van der Waals surface area contributed by atoms with Crippen molar-refractivity contribution < 1.29 is 39.5 Å². The molecule has 0 aromatic heterocycles. The maximum absolute atomic E-state index is 12.2. The van der Waals surface area contributed by atoms with Crippen LogP contribution >= 0.6 is 0 Å². The maximum Gasteiger partial charge on any atom is 0.346 e. The summed E-state index contributed by atoms with van der Waals surface area (Å²) in [6, 6.07) is 0. The van der Waals surface area contributed by atoms with Crippen LogP contribution in [0, 0.1) is 0 Å². The van der Waals surface area contributed by atoms with Crippen molar-refractivity contribution in [2.45, 2.75) is 16.7 Å². The van der Waals surface area contributed by atoms with Gasteiger partial charge in [-0.05, 0) is 0 Å². The largest absolute Gasteiger partial charge is 0.768 e. The molecular formula is C3HF5O4S2-2. The Morgan fingerprint density at radius 2 is 1.14 bits per heavy atom. The number of alkyl halides is 5. The molecule has 0 N–H and O–H groups in total. The van der Waals surface area contributed by atoms with E-state index in [0.717, 1.165) is 0 Å². The van der Waals surface area contributed by atoms with Crippen molar-refractivity contribution >= 4 is 22.2 Å². The average Bonchev–Trinajstić information content (AvgIpc) is 2.02. The van der Waals surface area contributed by atoms with Crippen LogP contribution in [0.15, 0.2) is 0 Å². The summed E-state index contributed by atoms with van der Waals surface area (Å²) in [5, 5.41) is -10.9. The highest BCUT2D eigenvalue weighted by Gasteiger charge is 2.58. The Hall–Kier alpha value is -0.130. The Balaban J connectivity index is 5.04. The minimum absolute atomic E-state index is 4.48. The molecule has 0 fully saturated rings. The molecule has 2 atom stereocenters. The van der Waals surface area contributed by atoms with E-state index in [1.165, 1.54) is 0 Å². The Bertz CT molecular complexity index is 242. The quantitative estimate of drug-likeness (QED) is 0.536. The molecule has 0 saturated heterocycles. The van der Waals surface area contributed by atoms with Gasteiger partial charge in [-0.3, -0.25) is 8.42 Å². The molecule has 0 aromatic carbocycles. The van der Waals surface area contributed by atoms with Crippen molar-refractivity contribution in [1.29, 1.82) is 0 Å². The summed E-state index contributed by atoms with van der Waals surface area (Å²) in [5.74, 6) is 0. The molecule has 0 aliphatic heterocycles. The van der Waals surface area contributed by atoms with Crippen molar-refractivity contribution in [2.75, 3.05) is 0 Å². The number of hydrogen-bond acceptors (Lipinski definition) is 4. The Morgan fingerprint density at radius 3 is 1.29 bits per heavy atom. The van der Waals surface area contributed by atoms with E-state index in [-0.39, 0.29) is 0 Å². The van der Waals surface area contributed by atoms with Crippen molar-refractivity contribution in [3.8, 4) is 0 Å². The zero-order valence-corrected chi connectivity index (χ0v) is 7.55. The van der Waals surface area contributed by atoms with Crippen molar-refractivity contribution in [3.05, 3.63) is 0 Å². The van der Waals surface area contributed by atoms with Crippen LogP contribution in [0.25, 0.3) is 0 Å². The van der Waals surface area contributed by atoms with E-state index in [4.69, 9.17) is 0 Å². The molecule has 0 radical (unpaired) electrons. The van der Waals surface area contributed by atoms with Crippen LogP contribution in [0.1, 0.15) is 0 Å². The first-order valence-corrected chi connectivity index (χ1v) is 4.78. The van der Waals surface area contributed by atoms with Gasteiger partial charge < -0.3 is 9.11 Å². The van der Waals surface area contributed by atoms with Gasteiger partial charge in [-0.1, -0.05) is 0 Å². The second-order valence-electron chi connectivity index (χ2n) is 1.96. The molecule has 11 heteroatoms. The van der Waals surface area contributed by atoms with Crippen LogP contribution < -0.4 is 0 Å². The fourth-order valence-electron chi connectivity index (χ4n) is 0.365. The zero-order chi connectivity index (χ0) is 11.7.